The average Bonchev–Trinajstić information content (AvgIpc) is 1.69. The summed E-state index contributed by atoms with van der Waals surface area (Å²) in [4.78, 5) is 4.25. The molecule has 1 heterocycles. The molecule has 0 atom stereocenters. The predicted molar refractivity (Wildman–Crippen MR) is 24.3 cm³/mol. The summed E-state index contributed by atoms with van der Waals surface area (Å²) in [5.41, 5.74) is 0. The molecule has 0 aromatic heterocycles. The van der Waals surface area contributed by atoms with E-state index in [2.05, 4.69) is 4.89 Å². The lowest BCUT2D eigenvalue weighted by atomic mass is 10.7. The minimum absolute atomic E-state index is 0.457. The third-order valence-electron chi connectivity index (χ3n) is 0.449. The van der Waals surface area contributed by atoms with Crippen molar-refractivity contribution < 1.29 is 14.6 Å². The summed E-state index contributed by atoms with van der Waals surface area (Å²) in [5.74, 6) is 1.65. The largest absolute Gasteiger partial charge is 0.465 e. The van der Waals surface area contributed by atoms with Crippen molar-refractivity contribution in [1.29, 1.82) is 0 Å². The average molecular weight is 118 g/mol. The fourth-order valence-electron chi connectivity index (χ4n) is 0.224. The third kappa shape index (κ3) is 1.27. The van der Waals surface area contributed by atoms with Gasteiger partial charge in [-0.15, -0.1) is 4.46 Å². The van der Waals surface area contributed by atoms with Crippen LogP contribution in [0.25, 0.3) is 0 Å². The Morgan fingerprint density at radius 3 is 2.86 bits per heavy atom. The van der Waals surface area contributed by atoms with Crippen molar-refractivity contribution in [2.45, 2.75) is 0 Å². The molecule has 1 rings (SSSR count). The van der Waals surface area contributed by atoms with Gasteiger partial charge in [-0.05, 0) is 6.08 Å². The Labute approximate surface area is 42.2 Å². The van der Waals surface area contributed by atoms with Gasteiger partial charge in [-0.2, -0.15) is 0 Å². The van der Waals surface area contributed by atoms with Gasteiger partial charge in [0.15, 0.2) is 6.26 Å². The van der Waals surface area contributed by atoms with Crippen molar-refractivity contribution >= 4 is 14.2 Å². The van der Waals surface area contributed by atoms with Gasteiger partial charge in [0.05, 0.1) is 5.80 Å². The van der Waals surface area contributed by atoms with Gasteiger partial charge in [0, 0.05) is 0 Å². The second-order valence-corrected chi connectivity index (χ2v) is 1.70. The fraction of sp³-hybridized carbons (Fsp3) is 0. The molecule has 0 aliphatic carbocycles. The fourth-order valence-corrected chi connectivity index (χ4v) is 0.564. The molecule has 4 heteroatoms. The number of allylic oxidation sites excluding steroid dienone is 1. The van der Waals surface area contributed by atoms with E-state index in [1.807, 2.05) is 0 Å². The Balaban J connectivity index is 2.49. The van der Waals surface area contributed by atoms with E-state index in [1.165, 1.54) is 6.26 Å². The molecule has 0 bridgehead atoms. The monoisotopic (exact) mass is 118 g/mol. The SMILES string of the molecule is [O-][O+]1OC=CC=P1. The van der Waals surface area contributed by atoms with E-state index >= 15 is 0 Å². The molecule has 3 nitrogen and oxygen atoms in total. The summed E-state index contributed by atoms with van der Waals surface area (Å²) in [6.07, 6.45) is 2.96. The molecule has 0 spiro atoms. The maximum atomic E-state index is 9.98. The van der Waals surface area contributed by atoms with Crippen LogP contribution in [-0.4, -0.2) is 5.80 Å². The molecule has 0 radical (unpaired) electrons. The Morgan fingerprint density at radius 2 is 2.57 bits per heavy atom. The van der Waals surface area contributed by atoms with Gasteiger partial charge >= 0.3 is 8.43 Å². The molecular formula is C3H3O3P. The maximum Gasteiger partial charge on any atom is 0.343 e. The van der Waals surface area contributed by atoms with Crippen molar-refractivity contribution in [3.05, 3.63) is 12.3 Å². The van der Waals surface area contributed by atoms with Crippen LogP contribution in [0.5, 0.6) is 0 Å². The van der Waals surface area contributed by atoms with Crippen LogP contribution >= 0.6 is 8.43 Å². The van der Waals surface area contributed by atoms with Crippen molar-refractivity contribution in [2.24, 2.45) is 0 Å². The van der Waals surface area contributed by atoms with E-state index in [4.69, 9.17) is 0 Å². The van der Waals surface area contributed by atoms with Crippen LogP contribution in [0.15, 0.2) is 12.3 Å². The van der Waals surface area contributed by atoms with Gasteiger partial charge < -0.3 is 5.26 Å². The zero-order valence-electron chi connectivity index (χ0n) is 3.40. The molecule has 0 aromatic rings. The molecule has 38 valence electrons. The molecule has 0 aromatic carbocycles. The molecular weight excluding hydrogens is 115 g/mol. The number of hydrogen-bond donors (Lipinski definition) is 0. The zero-order chi connectivity index (χ0) is 5.11. The Hall–Kier alpha value is -0.370. The van der Waals surface area contributed by atoms with Crippen LogP contribution in [0.1, 0.15) is 0 Å². The normalized spacial score (nSPS) is 21.9. The van der Waals surface area contributed by atoms with Crippen LogP contribution in [0.3, 0.4) is 0 Å². The number of rotatable bonds is 0. The van der Waals surface area contributed by atoms with Gasteiger partial charge in [-0.1, -0.05) is 0 Å². The number of hydrogen-bond acceptors (Lipinski definition) is 2. The smallest absolute Gasteiger partial charge is 0.343 e. The van der Waals surface area contributed by atoms with Crippen LogP contribution in [0.4, 0.5) is 0 Å². The second-order valence-electron chi connectivity index (χ2n) is 0.896. The molecule has 1 aliphatic rings. The summed E-state index contributed by atoms with van der Waals surface area (Å²) in [6.45, 7) is 0. The van der Waals surface area contributed by atoms with E-state index < -0.39 is 0 Å². The van der Waals surface area contributed by atoms with Crippen LogP contribution in [-0.2, 0) is 9.34 Å². The quantitative estimate of drug-likeness (QED) is 0.253. The van der Waals surface area contributed by atoms with Gasteiger partial charge in [0.1, 0.15) is 0 Å². The molecule has 0 saturated heterocycles. The van der Waals surface area contributed by atoms with E-state index in [9.17, 15) is 5.26 Å². The maximum absolute atomic E-state index is 9.98. The molecule has 0 saturated carbocycles. The summed E-state index contributed by atoms with van der Waals surface area (Å²) in [7, 11) is 0.457. The zero-order valence-corrected chi connectivity index (χ0v) is 4.30. The van der Waals surface area contributed by atoms with E-state index in [1.54, 1.807) is 11.9 Å². The van der Waals surface area contributed by atoms with E-state index in [-0.39, 0.29) is 0 Å². The second kappa shape index (κ2) is 2.07. The molecule has 0 amide bonds. The third-order valence-corrected chi connectivity index (χ3v) is 1.00. The highest BCUT2D eigenvalue weighted by Gasteiger charge is 1.95. The summed E-state index contributed by atoms with van der Waals surface area (Å²) in [5, 5.41) is 9.98. The highest BCUT2D eigenvalue weighted by Crippen LogP contribution is 2.09. The lowest BCUT2D eigenvalue weighted by Gasteiger charge is -2.06. The Kier molecular flexibility index (Phi) is 1.42. The summed E-state index contributed by atoms with van der Waals surface area (Å²) >= 11 is 0. The van der Waals surface area contributed by atoms with Crippen molar-refractivity contribution in [1.82, 2.24) is 0 Å². The molecule has 0 N–H and O–H groups in total. The highest BCUT2D eigenvalue weighted by molar-refractivity contribution is 7.33. The predicted octanol–water partition coefficient (Wildman–Crippen LogP) is -0.0637. The van der Waals surface area contributed by atoms with Crippen molar-refractivity contribution in [3.63, 3.8) is 0 Å². The molecule has 0 unspecified atom stereocenters. The lowest BCUT2D eigenvalue weighted by molar-refractivity contribution is -0.835. The van der Waals surface area contributed by atoms with Gasteiger partial charge in [0.2, 0.25) is 0 Å². The molecule has 7 heavy (non-hydrogen) atoms. The highest BCUT2D eigenvalue weighted by atomic mass is 31.1. The van der Waals surface area contributed by atoms with Gasteiger partial charge in [0.25, 0.3) is 0 Å². The van der Waals surface area contributed by atoms with Crippen molar-refractivity contribution in [2.75, 3.05) is 0 Å². The summed E-state index contributed by atoms with van der Waals surface area (Å²) < 4.78 is 1.15. The first kappa shape index (κ1) is 4.78. The van der Waals surface area contributed by atoms with Crippen LogP contribution in [0.2, 0.25) is 0 Å². The lowest BCUT2D eigenvalue weighted by Crippen LogP contribution is -2.15. The standard InChI is InChI=1S/C3H3O3P/c4-6-5-2-1-3-7-6/h1-3H. The molecule has 0 fully saturated rings. The van der Waals surface area contributed by atoms with Crippen LogP contribution < -0.4 is 5.26 Å². The van der Waals surface area contributed by atoms with E-state index in [0.29, 0.717) is 8.43 Å². The van der Waals surface area contributed by atoms with Gasteiger partial charge in [-0.3, -0.25) is 0 Å². The first-order valence-corrected chi connectivity index (χ1v) is 2.56. The van der Waals surface area contributed by atoms with E-state index in [0.717, 1.165) is 4.46 Å². The molecule has 1 aliphatic heterocycles. The Bertz CT molecular complexity index is 109. The summed E-state index contributed by atoms with van der Waals surface area (Å²) in [6, 6.07) is 0. The van der Waals surface area contributed by atoms with Crippen LogP contribution in [0, 0.1) is 0 Å². The minimum atomic E-state index is 0.457. The topological polar surface area (TPSA) is 35.0 Å². The Morgan fingerprint density at radius 1 is 1.71 bits per heavy atom. The van der Waals surface area contributed by atoms with Crippen molar-refractivity contribution in [3.8, 4) is 0 Å². The minimum Gasteiger partial charge on any atom is -0.465 e. The van der Waals surface area contributed by atoms with Gasteiger partial charge in [-0.25, -0.2) is 4.89 Å². The first-order valence-electron chi connectivity index (χ1n) is 1.68. The first-order chi connectivity index (χ1) is 3.39.